The van der Waals surface area contributed by atoms with Crippen LogP contribution < -0.4 is 0 Å². The van der Waals surface area contributed by atoms with Gasteiger partial charge in [-0.25, -0.2) is 0 Å². The summed E-state index contributed by atoms with van der Waals surface area (Å²) in [4.78, 5) is 11.8. The Hall–Kier alpha value is -1.95. The van der Waals surface area contributed by atoms with Gasteiger partial charge >= 0.3 is 5.97 Å². The van der Waals surface area contributed by atoms with Crippen molar-refractivity contribution in [1.82, 2.24) is 0 Å². The first-order valence-electron chi connectivity index (χ1n) is 11.3. The van der Waals surface area contributed by atoms with Crippen molar-refractivity contribution in [2.75, 3.05) is 0 Å². The molecular weight excluding hydrogens is 360 g/mol. The summed E-state index contributed by atoms with van der Waals surface area (Å²) in [6.45, 7) is 7.85. The van der Waals surface area contributed by atoms with E-state index in [1.165, 1.54) is 44.9 Å². The fourth-order valence-electron chi connectivity index (χ4n) is 3.21. The minimum Gasteiger partial charge on any atom is -0.506 e. The van der Waals surface area contributed by atoms with Gasteiger partial charge in [0, 0.05) is 12.8 Å². The third-order valence-corrected chi connectivity index (χ3v) is 4.75. The number of rotatable bonds is 12. The highest BCUT2D eigenvalue weighted by atomic mass is 16.6. The lowest BCUT2D eigenvalue weighted by atomic mass is 10.0. The molecule has 0 atom stereocenters. The lowest BCUT2D eigenvalue weighted by Crippen LogP contribution is -2.23. The van der Waals surface area contributed by atoms with Crippen molar-refractivity contribution in [3.8, 4) is 17.6 Å². The zero-order valence-corrected chi connectivity index (χ0v) is 19.0. The number of carbonyl (C=O) groups excluding carboxylic acids is 1. The quantitative estimate of drug-likeness (QED) is 0.235. The molecular formula is C26H40O3. The lowest BCUT2D eigenvalue weighted by molar-refractivity contribution is -0.154. The van der Waals surface area contributed by atoms with Crippen LogP contribution in [0.1, 0.15) is 109 Å². The van der Waals surface area contributed by atoms with Gasteiger partial charge in [-0.1, -0.05) is 75.8 Å². The number of aryl methyl sites for hydroxylation is 1. The second-order valence-corrected chi connectivity index (χ2v) is 8.78. The van der Waals surface area contributed by atoms with Crippen LogP contribution in [0, 0.1) is 11.8 Å². The number of para-hydroxylation sites is 1. The van der Waals surface area contributed by atoms with Crippen molar-refractivity contribution in [2.24, 2.45) is 0 Å². The molecule has 0 aliphatic carbocycles. The number of ether oxygens (including phenoxy) is 1. The lowest BCUT2D eigenvalue weighted by Gasteiger charge is -2.19. The first-order chi connectivity index (χ1) is 13.8. The van der Waals surface area contributed by atoms with E-state index in [1.54, 1.807) is 0 Å². The molecule has 0 heterocycles. The Morgan fingerprint density at radius 3 is 2.31 bits per heavy atom. The second kappa shape index (κ2) is 14.1. The SMILES string of the molecule is CCCCCCCCCCC#Cc1cccc(CCCC(=O)OC(C)(C)C)c1O. The Morgan fingerprint density at radius 1 is 1.00 bits per heavy atom. The number of hydrogen-bond acceptors (Lipinski definition) is 3. The average Bonchev–Trinajstić information content (AvgIpc) is 2.64. The fraction of sp³-hybridized carbons (Fsp3) is 0.654. The molecule has 0 bridgehead atoms. The maximum Gasteiger partial charge on any atom is 0.306 e. The summed E-state index contributed by atoms with van der Waals surface area (Å²) in [5, 5.41) is 10.5. The van der Waals surface area contributed by atoms with Gasteiger partial charge in [0.2, 0.25) is 0 Å². The summed E-state index contributed by atoms with van der Waals surface area (Å²) in [7, 11) is 0. The topological polar surface area (TPSA) is 46.5 Å². The molecule has 0 spiro atoms. The Labute approximate surface area is 178 Å². The van der Waals surface area contributed by atoms with Crippen LogP contribution in [0.2, 0.25) is 0 Å². The van der Waals surface area contributed by atoms with Crippen LogP contribution in [0.5, 0.6) is 5.75 Å². The van der Waals surface area contributed by atoms with Crippen molar-refractivity contribution < 1.29 is 14.6 Å². The summed E-state index contributed by atoms with van der Waals surface area (Å²) in [6.07, 6.45) is 12.9. The maximum atomic E-state index is 11.8. The number of unbranched alkanes of at least 4 members (excludes halogenated alkanes) is 8. The third-order valence-electron chi connectivity index (χ3n) is 4.75. The van der Waals surface area contributed by atoms with Crippen molar-refractivity contribution in [3.63, 3.8) is 0 Å². The highest BCUT2D eigenvalue weighted by molar-refractivity contribution is 5.69. The van der Waals surface area contributed by atoms with E-state index in [4.69, 9.17) is 4.74 Å². The summed E-state index contributed by atoms with van der Waals surface area (Å²) in [6, 6.07) is 5.67. The molecule has 0 aliphatic heterocycles. The van der Waals surface area contributed by atoms with Crippen molar-refractivity contribution in [2.45, 2.75) is 110 Å². The van der Waals surface area contributed by atoms with E-state index in [9.17, 15) is 9.90 Å². The van der Waals surface area contributed by atoms with Crippen LogP contribution in [-0.2, 0) is 16.0 Å². The van der Waals surface area contributed by atoms with E-state index >= 15 is 0 Å². The molecule has 0 radical (unpaired) electrons. The molecule has 1 rings (SSSR count). The fourth-order valence-corrected chi connectivity index (χ4v) is 3.21. The summed E-state index contributed by atoms with van der Waals surface area (Å²) in [5.41, 5.74) is 1.07. The normalized spacial score (nSPS) is 11.0. The van der Waals surface area contributed by atoms with Crippen LogP contribution >= 0.6 is 0 Å². The van der Waals surface area contributed by atoms with Crippen LogP contribution in [0.4, 0.5) is 0 Å². The van der Waals surface area contributed by atoms with Gasteiger partial charge in [-0.3, -0.25) is 4.79 Å². The molecule has 0 saturated heterocycles. The van der Waals surface area contributed by atoms with Crippen molar-refractivity contribution in [1.29, 1.82) is 0 Å². The third kappa shape index (κ3) is 12.3. The molecule has 0 aromatic heterocycles. The first-order valence-corrected chi connectivity index (χ1v) is 11.3. The van der Waals surface area contributed by atoms with Gasteiger partial charge in [0.15, 0.2) is 0 Å². The number of phenolic OH excluding ortho intramolecular Hbond substituents is 1. The van der Waals surface area contributed by atoms with Gasteiger partial charge in [-0.15, -0.1) is 0 Å². The first kappa shape index (κ1) is 25.1. The number of hydrogen-bond donors (Lipinski definition) is 1. The number of esters is 1. The van der Waals surface area contributed by atoms with Crippen molar-refractivity contribution in [3.05, 3.63) is 29.3 Å². The molecule has 162 valence electrons. The van der Waals surface area contributed by atoms with Crippen molar-refractivity contribution >= 4 is 5.97 Å². The highest BCUT2D eigenvalue weighted by Gasteiger charge is 2.16. The predicted octanol–water partition coefficient (Wildman–Crippen LogP) is 6.94. The molecule has 1 aromatic rings. The molecule has 0 saturated carbocycles. The van der Waals surface area contributed by atoms with Gasteiger partial charge in [-0.05, 0) is 51.7 Å². The van der Waals surface area contributed by atoms with Crippen LogP contribution in [-0.4, -0.2) is 16.7 Å². The minimum atomic E-state index is -0.455. The highest BCUT2D eigenvalue weighted by Crippen LogP contribution is 2.23. The molecule has 29 heavy (non-hydrogen) atoms. The van der Waals surface area contributed by atoms with Gasteiger partial charge < -0.3 is 9.84 Å². The molecule has 0 aliphatic rings. The van der Waals surface area contributed by atoms with E-state index in [-0.39, 0.29) is 11.7 Å². The molecule has 0 amide bonds. The Balaban J connectivity index is 2.35. The van der Waals surface area contributed by atoms with Gasteiger partial charge in [0.1, 0.15) is 11.4 Å². The summed E-state index contributed by atoms with van der Waals surface area (Å²) >= 11 is 0. The molecule has 3 nitrogen and oxygen atoms in total. The Kier molecular flexibility index (Phi) is 12.2. The van der Waals surface area contributed by atoms with E-state index in [0.29, 0.717) is 24.8 Å². The molecule has 0 fully saturated rings. The zero-order chi connectivity index (χ0) is 21.5. The summed E-state index contributed by atoms with van der Waals surface area (Å²) in [5.74, 6) is 6.36. The number of phenols is 1. The number of benzene rings is 1. The van der Waals surface area contributed by atoms with Gasteiger partial charge in [0.25, 0.3) is 0 Å². The second-order valence-electron chi connectivity index (χ2n) is 8.78. The zero-order valence-electron chi connectivity index (χ0n) is 19.0. The van der Waals surface area contributed by atoms with Gasteiger partial charge in [-0.2, -0.15) is 0 Å². The summed E-state index contributed by atoms with van der Waals surface area (Å²) < 4.78 is 5.32. The molecule has 1 aromatic carbocycles. The smallest absolute Gasteiger partial charge is 0.306 e. The monoisotopic (exact) mass is 400 g/mol. The Bertz CT molecular complexity index is 659. The van der Waals surface area contributed by atoms with E-state index in [1.807, 2.05) is 39.0 Å². The van der Waals surface area contributed by atoms with E-state index < -0.39 is 5.60 Å². The molecule has 0 unspecified atom stereocenters. The van der Waals surface area contributed by atoms with Crippen LogP contribution in [0.3, 0.4) is 0 Å². The van der Waals surface area contributed by atoms with E-state index in [0.717, 1.165) is 18.4 Å². The van der Waals surface area contributed by atoms with E-state index in [2.05, 4.69) is 18.8 Å². The largest absolute Gasteiger partial charge is 0.506 e. The number of aromatic hydroxyl groups is 1. The standard InChI is InChI=1S/C26H40O3/c1-5-6-7-8-9-10-11-12-13-14-17-22-18-15-19-23(25(22)28)20-16-21-24(27)29-26(2,3)4/h15,18-19,28H,5-13,16,20-21H2,1-4H3. The minimum absolute atomic E-state index is 0.196. The number of carbonyl (C=O) groups is 1. The Morgan fingerprint density at radius 2 is 1.66 bits per heavy atom. The van der Waals surface area contributed by atoms with Crippen LogP contribution in [0.15, 0.2) is 18.2 Å². The maximum absolute atomic E-state index is 11.8. The van der Waals surface area contributed by atoms with Gasteiger partial charge in [0.05, 0.1) is 5.56 Å². The van der Waals surface area contributed by atoms with Crippen LogP contribution in [0.25, 0.3) is 0 Å². The molecule has 3 heteroatoms. The molecule has 1 N–H and O–H groups in total. The average molecular weight is 401 g/mol. The predicted molar refractivity (Wildman–Crippen MR) is 121 cm³/mol.